The van der Waals surface area contributed by atoms with E-state index in [1.54, 1.807) is 33.5 Å². The highest BCUT2D eigenvalue weighted by molar-refractivity contribution is 5.89. The van der Waals surface area contributed by atoms with Crippen molar-refractivity contribution in [2.75, 3.05) is 149 Å². The monoisotopic (exact) mass is 1270 g/mol. The Kier molecular flexibility index (Phi) is 27.1. The minimum Gasteiger partial charge on any atom is -0.497 e. The maximum Gasteiger partial charge on any atom is 0.319 e. The standard InChI is InChI=1S/C27H32N4O2.C26H35FN4O2.C22H30FN3O/c1-21-12-14-22(15-13-21)29-27(32)28-20-25(24-10-6-7-11-26(24)33-2)31-18-16-30(17-19-31)23-8-4-3-5-9-23;1-33-24-13-7-20(8-14-24)25(19-28-26(32)29-22-11-9-21(27)10-12-22)31-17-15-30(16-18-31)23-5-3-2-4-6-23;1-25-13-15-26(16-14-25)22(19-5-9-21(27-2)10-6-19)17-24-12-11-18-3-7-20(23)8-4-18/h3-15,25H,16-20H2,1-2H3,(H2,28,29,32);7-14,23,25H,2-6,15-19H2,1H3,(H2,28,29,32);3-10,22,24H,11-17H2,1-2H3. The molecule has 496 valence electrons. The van der Waals surface area contributed by atoms with Gasteiger partial charge in [-0.05, 0) is 147 Å². The van der Waals surface area contributed by atoms with E-state index in [4.69, 9.17) is 14.2 Å². The molecule has 16 nitrogen and oxygen atoms in total. The van der Waals surface area contributed by atoms with Crippen LogP contribution in [0.5, 0.6) is 17.2 Å². The molecule has 1 aliphatic carbocycles. The quantitative estimate of drug-likeness (QED) is 0.0413. The number of piperazine rings is 3. The maximum absolute atomic E-state index is 13.1. The Morgan fingerprint density at radius 3 is 1.52 bits per heavy atom. The zero-order valence-electron chi connectivity index (χ0n) is 55.1. The van der Waals surface area contributed by atoms with Gasteiger partial charge < -0.3 is 50.6 Å². The van der Waals surface area contributed by atoms with Crippen LogP contribution in [0.3, 0.4) is 0 Å². The molecule has 0 aromatic heterocycles. The summed E-state index contributed by atoms with van der Waals surface area (Å²) in [5, 5.41) is 15.4. The van der Waals surface area contributed by atoms with Crippen LogP contribution in [0.2, 0.25) is 0 Å². The fourth-order valence-electron chi connectivity index (χ4n) is 12.9. The van der Waals surface area contributed by atoms with Crippen LogP contribution in [0.1, 0.15) is 78.0 Å². The van der Waals surface area contributed by atoms with Crippen molar-refractivity contribution in [2.24, 2.45) is 0 Å². The van der Waals surface area contributed by atoms with E-state index in [1.807, 2.05) is 91.9 Å². The smallest absolute Gasteiger partial charge is 0.319 e. The number of hydrogen-bond donors (Lipinski definition) is 5. The van der Waals surface area contributed by atoms with Crippen molar-refractivity contribution in [3.63, 3.8) is 0 Å². The largest absolute Gasteiger partial charge is 0.497 e. The Hall–Kier alpha value is -8.10. The predicted molar refractivity (Wildman–Crippen MR) is 371 cm³/mol. The maximum atomic E-state index is 13.1. The molecule has 3 unspecified atom stereocenters. The molecular formula is C75H97F2N11O5. The number of carbonyl (C=O) groups is 2. The minimum atomic E-state index is -0.326. The summed E-state index contributed by atoms with van der Waals surface area (Å²) in [6, 6.07) is 56.1. The summed E-state index contributed by atoms with van der Waals surface area (Å²) in [5.41, 5.74) is 8.47. The van der Waals surface area contributed by atoms with Crippen LogP contribution >= 0.6 is 0 Å². The molecule has 4 amide bonds. The van der Waals surface area contributed by atoms with Gasteiger partial charge in [0.25, 0.3) is 0 Å². The van der Waals surface area contributed by atoms with Gasteiger partial charge in [-0.25, -0.2) is 18.4 Å². The van der Waals surface area contributed by atoms with Gasteiger partial charge in [-0.1, -0.05) is 110 Å². The van der Waals surface area contributed by atoms with Crippen LogP contribution in [0, 0.1) is 18.6 Å². The average molecular weight is 1270 g/mol. The molecule has 3 atom stereocenters. The lowest BCUT2D eigenvalue weighted by molar-refractivity contribution is 0.0565. The summed E-state index contributed by atoms with van der Waals surface area (Å²) in [6.07, 6.45) is 7.64. The SMILES string of the molecule is COc1ccc(C(CNC(=O)Nc2ccc(F)cc2)N2CCN(C3CCCCC3)CC2)cc1.COc1ccc(C(CNCCc2ccc(F)cc2)N2CCN(C)CC2)cc1.COc1ccccc1C(CNC(=O)Nc1ccc(C)cc1)N1CCN(c2ccccc2)CC1. The van der Waals surface area contributed by atoms with E-state index in [1.165, 1.54) is 67.6 Å². The van der Waals surface area contributed by atoms with E-state index in [-0.39, 0.29) is 35.8 Å². The lowest BCUT2D eigenvalue weighted by Crippen LogP contribution is -2.53. The van der Waals surface area contributed by atoms with Crippen LogP contribution in [0.4, 0.5) is 35.4 Å². The molecule has 18 heteroatoms. The zero-order valence-corrected chi connectivity index (χ0v) is 55.1. The first-order chi connectivity index (χ1) is 45.4. The average Bonchev–Trinajstić information content (AvgIpc) is 1.86. The predicted octanol–water partition coefficient (Wildman–Crippen LogP) is 12.3. The number of carbonyl (C=O) groups excluding carboxylic acids is 2. The number of halogens is 2. The number of likely N-dealkylation sites (N-methyl/N-ethyl adjacent to an activating group) is 1. The summed E-state index contributed by atoms with van der Waals surface area (Å²) in [7, 11) is 7.24. The van der Waals surface area contributed by atoms with Crippen LogP contribution in [-0.4, -0.2) is 176 Å². The Morgan fingerprint density at radius 1 is 0.495 bits per heavy atom. The normalized spacial score (nSPS) is 17.0. The third-order valence-corrected chi connectivity index (χ3v) is 18.4. The van der Waals surface area contributed by atoms with Gasteiger partial charge in [0.05, 0.1) is 33.4 Å². The van der Waals surface area contributed by atoms with Crippen LogP contribution in [-0.2, 0) is 6.42 Å². The first-order valence-electron chi connectivity index (χ1n) is 33.1. The van der Waals surface area contributed by atoms with Gasteiger partial charge in [0.1, 0.15) is 28.9 Å². The van der Waals surface area contributed by atoms with Gasteiger partial charge in [0, 0.05) is 133 Å². The molecular weight excluding hydrogens is 1170 g/mol. The summed E-state index contributed by atoms with van der Waals surface area (Å²) in [6.45, 7) is 16.9. The molecule has 0 bridgehead atoms. The second-order valence-electron chi connectivity index (χ2n) is 24.5. The van der Waals surface area contributed by atoms with Gasteiger partial charge in [0.2, 0.25) is 0 Å². The Balaban J connectivity index is 0.000000166. The molecule has 11 rings (SSSR count). The molecule has 3 heterocycles. The van der Waals surface area contributed by atoms with Crippen molar-refractivity contribution in [1.82, 2.24) is 40.4 Å². The highest BCUT2D eigenvalue weighted by atomic mass is 19.1. The molecule has 0 spiro atoms. The molecule has 4 fully saturated rings. The number of anilines is 3. The van der Waals surface area contributed by atoms with Gasteiger partial charge in [-0.3, -0.25) is 19.6 Å². The number of urea groups is 2. The van der Waals surface area contributed by atoms with Crippen LogP contribution in [0.15, 0.2) is 176 Å². The van der Waals surface area contributed by atoms with Crippen molar-refractivity contribution >= 4 is 29.1 Å². The molecule has 3 aliphatic heterocycles. The molecule has 7 aromatic carbocycles. The molecule has 4 aliphatic rings. The number of hydrogen-bond acceptors (Lipinski definition) is 12. The first kappa shape index (κ1) is 69.2. The number of nitrogens with zero attached hydrogens (tertiary/aromatic N) is 6. The molecule has 0 radical (unpaired) electrons. The number of nitrogens with one attached hydrogen (secondary N) is 5. The van der Waals surface area contributed by atoms with E-state index < -0.39 is 0 Å². The highest BCUT2D eigenvalue weighted by Gasteiger charge is 2.31. The molecule has 7 aromatic rings. The Labute approximate surface area is 550 Å². The summed E-state index contributed by atoms with van der Waals surface area (Å²) in [5.74, 6) is 2.05. The summed E-state index contributed by atoms with van der Waals surface area (Å²) < 4.78 is 42.4. The number of benzene rings is 7. The van der Waals surface area contributed by atoms with Crippen molar-refractivity contribution in [2.45, 2.75) is 69.6 Å². The molecule has 5 N–H and O–H groups in total. The van der Waals surface area contributed by atoms with E-state index in [0.29, 0.717) is 24.8 Å². The number of methoxy groups -OCH3 is 3. The number of ether oxygens (including phenoxy) is 3. The van der Waals surface area contributed by atoms with Gasteiger partial charge in [-0.2, -0.15) is 0 Å². The number of para-hydroxylation sites is 2. The fourth-order valence-corrected chi connectivity index (χ4v) is 12.9. The van der Waals surface area contributed by atoms with E-state index in [2.05, 4.69) is 118 Å². The van der Waals surface area contributed by atoms with Crippen LogP contribution < -0.4 is 45.7 Å². The third kappa shape index (κ3) is 21.5. The van der Waals surface area contributed by atoms with Crippen LogP contribution in [0.25, 0.3) is 0 Å². The Morgan fingerprint density at radius 2 is 0.968 bits per heavy atom. The third-order valence-electron chi connectivity index (χ3n) is 18.4. The van der Waals surface area contributed by atoms with Crippen molar-refractivity contribution < 1.29 is 32.6 Å². The van der Waals surface area contributed by atoms with E-state index >= 15 is 0 Å². The van der Waals surface area contributed by atoms with E-state index in [0.717, 1.165) is 149 Å². The molecule has 93 heavy (non-hydrogen) atoms. The number of aryl methyl sites for hydroxylation is 1. The lowest BCUT2D eigenvalue weighted by Gasteiger charge is -2.43. The van der Waals surface area contributed by atoms with Gasteiger partial charge in [-0.15, -0.1) is 0 Å². The van der Waals surface area contributed by atoms with Crippen molar-refractivity contribution in [3.05, 3.63) is 215 Å². The zero-order chi connectivity index (χ0) is 65.2. The van der Waals surface area contributed by atoms with Gasteiger partial charge >= 0.3 is 12.1 Å². The second-order valence-corrected chi connectivity index (χ2v) is 24.5. The number of rotatable bonds is 22. The lowest BCUT2D eigenvalue weighted by atomic mass is 9.93. The first-order valence-corrected chi connectivity index (χ1v) is 33.1. The van der Waals surface area contributed by atoms with Crippen molar-refractivity contribution in [1.29, 1.82) is 0 Å². The summed E-state index contributed by atoms with van der Waals surface area (Å²) in [4.78, 5) is 40.1. The second kappa shape index (κ2) is 36.4. The molecule has 3 saturated heterocycles. The summed E-state index contributed by atoms with van der Waals surface area (Å²) >= 11 is 0. The van der Waals surface area contributed by atoms with Gasteiger partial charge in [0.15, 0.2) is 0 Å². The highest BCUT2D eigenvalue weighted by Crippen LogP contribution is 2.32. The van der Waals surface area contributed by atoms with E-state index in [9.17, 15) is 18.4 Å². The fraction of sp³-hybridized carbons (Fsp3) is 0.413. The molecule has 1 saturated carbocycles. The topological polar surface area (TPSA) is 141 Å². The minimum absolute atomic E-state index is 0.0165. The Bertz CT molecular complexity index is 3290. The van der Waals surface area contributed by atoms with Crippen molar-refractivity contribution in [3.8, 4) is 17.2 Å². The number of amides is 4.